The van der Waals surface area contributed by atoms with E-state index in [4.69, 9.17) is 4.42 Å². The first-order valence-electron chi connectivity index (χ1n) is 20.6. The summed E-state index contributed by atoms with van der Waals surface area (Å²) >= 11 is 0. The van der Waals surface area contributed by atoms with Crippen LogP contribution in [0.5, 0.6) is 0 Å². The molecule has 2 nitrogen and oxygen atoms in total. The highest BCUT2D eigenvalue weighted by Gasteiger charge is 2.22. The molecule has 2 heteroatoms. The predicted molar refractivity (Wildman–Crippen MR) is 253 cm³/mol. The van der Waals surface area contributed by atoms with Crippen LogP contribution in [0.3, 0.4) is 0 Å². The number of hydrogen-bond donors (Lipinski definition) is 0. The second-order valence-electron chi connectivity index (χ2n) is 15.7. The van der Waals surface area contributed by atoms with Crippen molar-refractivity contribution in [3.63, 3.8) is 0 Å². The number of furan rings is 1. The Bertz CT molecular complexity index is 3560. The number of nitrogens with zero attached hydrogens (tertiary/aromatic N) is 1. The van der Waals surface area contributed by atoms with Crippen LogP contribution in [-0.4, -0.2) is 4.57 Å². The number of aromatic nitrogens is 1. The Labute approximate surface area is 347 Å². The molecule has 12 aromatic rings. The Morgan fingerprint density at radius 2 is 0.850 bits per heavy atom. The van der Waals surface area contributed by atoms with Crippen molar-refractivity contribution in [2.24, 2.45) is 0 Å². The zero-order valence-corrected chi connectivity index (χ0v) is 32.7. The quantitative estimate of drug-likeness (QED) is 0.165. The number of hydrogen-bond acceptors (Lipinski definition) is 1. The molecule has 0 atom stereocenters. The molecule has 60 heavy (non-hydrogen) atoms. The predicted octanol–water partition coefficient (Wildman–Crippen LogP) is 16.2. The van der Waals surface area contributed by atoms with Gasteiger partial charge in [-0.25, -0.2) is 0 Å². The van der Waals surface area contributed by atoms with Gasteiger partial charge in [0, 0.05) is 38.4 Å². The van der Waals surface area contributed by atoms with Gasteiger partial charge in [0.1, 0.15) is 11.2 Å². The van der Waals surface area contributed by atoms with Crippen molar-refractivity contribution in [2.75, 3.05) is 0 Å². The monoisotopic (exact) mass is 763 g/mol. The summed E-state index contributed by atoms with van der Waals surface area (Å²) in [6.07, 6.45) is 0. The topological polar surface area (TPSA) is 18.1 Å². The molecule has 0 aliphatic heterocycles. The molecule has 0 bridgehead atoms. The van der Waals surface area contributed by atoms with Gasteiger partial charge >= 0.3 is 0 Å². The highest BCUT2D eigenvalue weighted by molar-refractivity contribution is 6.22. The molecule has 0 amide bonds. The molecule has 0 aliphatic rings. The molecule has 12 rings (SSSR count). The Morgan fingerprint density at radius 3 is 1.55 bits per heavy atom. The Kier molecular flexibility index (Phi) is 7.89. The maximum atomic E-state index is 6.88. The number of para-hydroxylation sites is 2. The summed E-state index contributed by atoms with van der Waals surface area (Å²) in [5.74, 6) is 0. The first-order valence-corrected chi connectivity index (χ1v) is 20.6. The zero-order chi connectivity index (χ0) is 39.6. The van der Waals surface area contributed by atoms with Gasteiger partial charge in [-0.1, -0.05) is 188 Å². The standard InChI is InChI=1S/C58H37NO/c1-4-14-38(15-5-1)41-26-28-42(29-27-41)46-34-45(40-18-8-3-9-19-40)35-47(36-46)59-54-32-30-44(39-16-6-2-7-17-39)37-53(54)50-23-12-22-49(57(50)59)51-24-13-25-52-56-48-21-11-10-20-43(48)31-33-55(56)60-58(51)52/h1-37H. The molecular weight excluding hydrogens is 727 g/mol. The molecule has 0 radical (unpaired) electrons. The summed E-state index contributed by atoms with van der Waals surface area (Å²) in [6, 6.07) is 81.2. The third kappa shape index (κ3) is 5.57. The van der Waals surface area contributed by atoms with Crippen molar-refractivity contribution in [3.05, 3.63) is 224 Å². The van der Waals surface area contributed by atoms with Gasteiger partial charge in [-0.2, -0.15) is 0 Å². The molecule has 280 valence electrons. The van der Waals surface area contributed by atoms with Gasteiger partial charge in [0.2, 0.25) is 0 Å². The minimum absolute atomic E-state index is 0.898. The lowest BCUT2D eigenvalue weighted by atomic mass is 9.96. The first kappa shape index (κ1) is 34.1. The van der Waals surface area contributed by atoms with E-state index in [2.05, 4.69) is 229 Å². The second-order valence-corrected chi connectivity index (χ2v) is 15.7. The van der Waals surface area contributed by atoms with Crippen molar-refractivity contribution in [2.45, 2.75) is 0 Å². The molecule has 2 aromatic heterocycles. The number of rotatable bonds is 6. The summed E-state index contributed by atoms with van der Waals surface area (Å²) in [5.41, 5.74) is 16.8. The van der Waals surface area contributed by atoms with E-state index >= 15 is 0 Å². The Hall–Kier alpha value is -7.94. The van der Waals surface area contributed by atoms with Gasteiger partial charge < -0.3 is 8.98 Å². The number of fused-ring (bicyclic) bond motifs is 8. The van der Waals surface area contributed by atoms with Crippen molar-refractivity contribution < 1.29 is 4.42 Å². The molecule has 0 saturated heterocycles. The van der Waals surface area contributed by atoms with E-state index in [9.17, 15) is 0 Å². The van der Waals surface area contributed by atoms with Gasteiger partial charge in [0.15, 0.2) is 0 Å². The van der Waals surface area contributed by atoms with Crippen molar-refractivity contribution in [1.29, 1.82) is 0 Å². The average Bonchev–Trinajstić information content (AvgIpc) is 3.89. The summed E-state index contributed by atoms with van der Waals surface area (Å²) in [7, 11) is 0. The third-order valence-corrected chi connectivity index (χ3v) is 12.2. The van der Waals surface area contributed by atoms with Crippen LogP contribution >= 0.6 is 0 Å². The summed E-state index contributed by atoms with van der Waals surface area (Å²) in [5, 5.41) is 7.08. The van der Waals surface area contributed by atoms with Crippen LogP contribution in [0.1, 0.15) is 0 Å². The fourth-order valence-corrected chi connectivity index (χ4v) is 9.33. The van der Waals surface area contributed by atoms with E-state index in [0.717, 1.165) is 60.9 Å². The fourth-order valence-electron chi connectivity index (χ4n) is 9.33. The second kappa shape index (κ2) is 13.9. The van der Waals surface area contributed by atoms with Gasteiger partial charge in [-0.15, -0.1) is 0 Å². The van der Waals surface area contributed by atoms with E-state index in [1.54, 1.807) is 0 Å². The highest BCUT2D eigenvalue weighted by Crippen LogP contribution is 2.45. The van der Waals surface area contributed by atoms with Gasteiger partial charge in [-0.05, 0) is 91.7 Å². The highest BCUT2D eigenvalue weighted by atomic mass is 16.3. The van der Waals surface area contributed by atoms with Gasteiger partial charge in [-0.3, -0.25) is 0 Å². The minimum atomic E-state index is 0.898. The largest absolute Gasteiger partial charge is 0.455 e. The molecular formula is C58H37NO. The molecule has 0 unspecified atom stereocenters. The van der Waals surface area contributed by atoms with Crippen LogP contribution < -0.4 is 0 Å². The Balaban J connectivity index is 1.15. The molecule has 0 N–H and O–H groups in total. The van der Waals surface area contributed by atoms with Crippen molar-refractivity contribution in [3.8, 4) is 61.3 Å². The zero-order valence-electron chi connectivity index (χ0n) is 32.7. The molecule has 2 heterocycles. The maximum absolute atomic E-state index is 6.88. The Morgan fingerprint density at radius 1 is 0.317 bits per heavy atom. The van der Waals surface area contributed by atoms with Gasteiger partial charge in [0.25, 0.3) is 0 Å². The van der Waals surface area contributed by atoms with E-state index < -0.39 is 0 Å². The lowest BCUT2D eigenvalue weighted by Crippen LogP contribution is -1.97. The van der Waals surface area contributed by atoms with E-state index in [1.807, 2.05) is 0 Å². The van der Waals surface area contributed by atoms with Gasteiger partial charge in [0.05, 0.1) is 11.0 Å². The van der Waals surface area contributed by atoms with Crippen LogP contribution in [-0.2, 0) is 0 Å². The van der Waals surface area contributed by atoms with Crippen LogP contribution in [0.15, 0.2) is 229 Å². The van der Waals surface area contributed by atoms with E-state index in [-0.39, 0.29) is 0 Å². The van der Waals surface area contributed by atoms with E-state index in [0.29, 0.717) is 0 Å². The normalized spacial score (nSPS) is 11.7. The fraction of sp³-hybridized carbons (Fsp3) is 0. The summed E-state index contributed by atoms with van der Waals surface area (Å²) in [6.45, 7) is 0. The minimum Gasteiger partial charge on any atom is -0.455 e. The average molecular weight is 764 g/mol. The molecule has 10 aromatic carbocycles. The molecule has 0 saturated carbocycles. The SMILES string of the molecule is c1ccc(-c2ccc(-c3cc(-c4ccccc4)cc(-n4c5ccc(-c6ccccc6)cc5c5cccc(-c6cccc7c6oc6ccc8ccccc8c67)c54)c3)cc2)cc1. The van der Waals surface area contributed by atoms with Crippen molar-refractivity contribution in [1.82, 2.24) is 4.57 Å². The summed E-state index contributed by atoms with van der Waals surface area (Å²) in [4.78, 5) is 0. The van der Waals surface area contributed by atoms with E-state index in [1.165, 1.54) is 54.9 Å². The third-order valence-electron chi connectivity index (χ3n) is 12.2. The van der Waals surface area contributed by atoms with Crippen LogP contribution in [0.4, 0.5) is 0 Å². The molecule has 0 fully saturated rings. The molecule has 0 spiro atoms. The van der Waals surface area contributed by atoms with Crippen molar-refractivity contribution >= 4 is 54.5 Å². The lowest BCUT2D eigenvalue weighted by Gasteiger charge is -2.16. The smallest absolute Gasteiger partial charge is 0.143 e. The van der Waals surface area contributed by atoms with Crippen LogP contribution in [0, 0.1) is 0 Å². The summed E-state index contributed by atoms with van der Waals surface area (Å²) < 4.78 is 9.36. The number of benzene rings is 10. The molecule has 0 aliphatic carbocycles. The van der Waals surface area contributed by atoms with Crippen LogP contribution in [0.25, 0.3) is 116 Å². The first-order chi connectivity index (χ1) is 29.7. The van der Waals surface area contributed by atoms with Crippen LogP contribution in [0.2, 0.25) is 0 Å². The lowest BCUT2D eigenvalue weighted by molar-refractivity contribution is 0.670. The maximum Gasteiger partial charge on any atom is 0.143 e.